The molecule has 0 spiro atoms. The molecule has 0 bridgehead atoms. The molecule has 0 aliphatic carbocycles. The van der Waals surface area contributed by atoms with Gasteiger partial charge in [-0.2, -0.15) is 0 Å². The summed E-state index contributed by atoms with van der Waals surface area (Å²) in [6.45, 7) is 1.19. The van der Waals surface area contributed by atoms with E-state index in [1.165, 1.54) is 0 Å². The Hall–Kier alpha value is 0.565. The van der Waals surface area contributed by atoms with E-state index in [-0.39, 0.29) is 18.2 Å². The van der Waals surface area contributed by atoms with E-state index in [0.29, 0.717) is 6.16 Å². The molecule has 0 aromatic carbocycles. The molecule has 0 aromatic heterocycles. The third-order valence-corrected chi connectivity index (χ3v) is 5.02. The van der Waals surface area contributed by atoms with E-state index < -0.39 is 6.57 Å². The summed E-state index contributed by atoms with van der Waals surface area (Å²) in [6.07, 6.45) is 2.22. The van der Waals surface area contributed by atoms with Gasteiger partial charge in [-0.25, -0.2) is 0 Å². The molecule has 0 N–H and O–H groups in total. The maximum Gasteiger partial charge on any atom is 0.254 e. The maximum absolute atomic E-state index is 11.7. The van der Waals surface area contributed by atoms with Crippen LogP contribution in [-0.4, -0.2) is 32.2 Å². The van der Waals surface area contributed by atoms with Gasteiger partial charge in [0.05, 0.1) is 12.2 Å². The van der Waals surface area contributed by atoms with Crippen LogP contribution in [-0.2, 0) is 13.8 Å². The van der Waals surface area contributed by atoms with E-state index in [9.17, 15) is 4.57 Å². The second-order valence-corrected chi connectivity index (χ2v) is 7.67. The van der Waals surface area contributed by atoms with Crippen LogP contribution in [0.5, 0.6) is 0 Å². The lowest BCUT2D eigenvalue weighted by Gasteiger charge is -2.20. The Kier molecular flexibility index (Phi) is 4.57. The van der Waals surface area contributed by atoms with Gasteiger partial charge >= 0.3 is 0 Å². The summed E-state index contributed by atoms with van der Waals surface area (Å²) in [5.74, 6) is 0. The highest BCUT2D eigenvalue weighted by Gasteiger charge is 2.35. The van der Waals surface area contributed by atoms with Crippen molar-refractivity contribution in [2.45, 2.75) is 44.9 Å². The van der Waals surface area contributed by atoms with Crippen molar-refractivity contribution in [3.63, 3.8) is 0 Å². The molecule has 0 radical (unpaired) electrons. The first-order chi connectivity index (χ1) is 6.48. The Morgan fingerprint density at radius 2 is 2.29 bits per heavy atom. The average molecular weight is 236 g/mol. The van der Waals surface area contributed by atoms with Gasteiger partial charge in [0, 0.05) is 12.2 Å². The summed E-state index contributed by atoms with van der Waals surface area (Å²) in [5, 5.41) is 0. The lowest BCUT2D eigenvalue weighted by atomic mass is 9.96. The Morgan fingerprint density at radius 3 is 2.79 bits per heavy atom. The molecular formula is C8H18BO3PS. The van der Waals surface area contributed by atoms with E-state index >= 15 is 0 Å². The van der Waals surface area contributed by atoms with Gasteiger partial charge in [0.15, 0.2) is 0 Å². The first-order valence-corrected chi connectivity index (χ1v) is 8.10. The van der Waals surface area contributed by atoms with Crippen LogP contribution in [0.3, 0.4) is 0 Å². The predicted octanol–water partition coefficient (Wildman–Crippen LogP) is 1.67. The lowest BCUT2D eigenvalue weighted by Crippen LogP contribution is -2.22. The number of thiol groups is 1. The smallest absolute Gasteiger partial charge is 0.254 e. The average Bonchev–Trinajstić information content (AvgIpc) is 2.45. The molecule has 0 saturated carbocycles. The SMILES string of the molecule is B[C@H]1CC(OP(=O)(S)CC)[C@@H](CC)O1. The van der Waals surface area contributed by atoms with Gasteiger partial charge in [-0.3, -0.25) is 4.57 Å². The summed E-state index contributed by atoms with van der Waals surface area (Å²) < 4.78 is 22.8. The second kappa shape index (κ2) is 5.06. The Balaban J connectivity index is 2.55. The van der Waals surface area contributed by atoms with Crippen molar-refractivity contribution in [1.29, 1.82) is 0 Å². The second-order valence-electron chi connectivity index (χ2n) is 3.73. The van der Waals surface area contributed by atoms with Crippen molar-refractivity contribution in [3.8, 4) is 0 Å². The first-order valence-electron chi connectivity index (χ1n) is 5.14. The summed E-state index contributed by atoms with van der Waals surface area (Å²) in [4.78, 5) is 0. The number of rotatable bonds is 4. The lowest BCUT2D eigenvalue weighted by molar-refractivity contribution is 0.0422. The highest BCUT2D eigenvalue weighted by molar-refractivity contribution is 8.46. The Morgan fingerprint density at radius 1 is 1.64 bits per heavy atom. The van der Waals surface area contributed by atoms with Crippen LogP contribution in [0.1, 0.15) is 26.7 Å². The maximum atomic E-state index is 11.7. The third-order valence-electron chi connectivity index (χ3n) is 2.49. The van der Waals surface area contributed by atoms with Crippen molar-refractivity contribution in [2.75, 3.05) is 6.16 Å². The number of ether oxygens (including phenoxy) is 1. The van der Waals surface area contributed by atoms with E-state index in [1.807, 2.05) is 14.8 Å². The van der Waals surface area contributed by atoms with Crippen LogP contribution in [0.4, 0.5) is 0 Å². The Bertz CT molecular complexity index is 239. The van der Waals surface area contributed by atoms with Gasteiger partial charge in [0.2, 0.25) is 0 Å². The standard InChI is InChI=1S/C8H18BO3PS/c1-3-6-7(5-8(9)11-6)12-13(10,14)4-2/h6-8H,3-5,9H2,1-2H3,(H,10,14)/t6-,7?,8-,13?/m1/s1. The molecule has 3 nitrogen and oxygen atoms in total. The molecule has 0 aromatic rings. The molecule has 1 rings (SSSR count). The zero-order valence-electron chi connectivity index (χ0n) is 8.97. The fourth-order valence-corrected chi connectivity index (χ4v) is 2.83. The third kappa shape index (κ3) is 3.30. The van der Waals surface area contributed by atoms with E-state index in [2.05, 4.69) is 19.2 Å². The normalized spacial score (nSPS) is 36.9. The monoisotopic (exact) mass is 236 g/mol. The summed E-state index contributed by atoms with van der Waals surface area (Å²) in [7, 11) is 2.02. The topological polar surface area (TPSA) is 35.5 Å². The van der Waals surface area contributed by atoms with Gasteiger partial charge in [0.25, 0.3) is 6.57 Å². The Labute approximate surface area is 91.9 Å². The van der Waals surface area contributed by atoms with E-state index in [1.54, 1.807) is 0 Å². The largest absolute Gasteiger partial charge is 0.381 e. The van der Waals surface area contributed by atoms with Gasteiger partial charge < -0.3 is 9.26 Å². The van der Waals surface area contributed by atoms with Crippen LogP contribution in [0.25, 0.3) is 0 Å². The van der Waals surface area contributed by atoms with Crippen molar-refractivity contribution in [3.05, 3.63) is 0 Å². The minimum absolute atomic E-state index is 0.0433. The van der Waals surface area contributed by atoms with Gasteiger partial charge in [-0.1, -0.05) is 26.1 Å². The fourth-order valence-electron chi connectivity index (χ4n) is 1.68. The van der Waals surface area contributed by atoms with Crippen LogP contribution < -0.4 is 0 Å². The van der Waals surface area contributed by atoms with Gasteiger partial charge in [-0.05, 0) is 12.8 Å². The molecule has 1 fully saturated rings. The zero-order chi connectivity index (χ0) is 10.8. The van der Waals surface area contributed by atoms with Crippen molar-refractivity contribution in [1.82, 2.24) is 0 Å². The predicted molar refractivity (Wildman–Crippen MR) is 64.1 cm³/mol. The quantitative estimate of drug-likeness (QED) is 0.458. The first kappa shape index (κ1) is 12.6. The molecule has 1 aliphatic heterocycles. The molecule has 2 unspecified atom stereocenters. The number of hydrogen-bond acceptors (Lipinski definition) is 3. The molecule has 1 saturated heterocycles. The highest BCUT2D eigenvalue weighted by atomic mass is 32.7. The van der Waals surface area contributed by atoms with Gasteiger partial charge in [-0.15, -0.1) is 0 Å². The molecular weight excluding hydrogens is 218 g/mol. The molecule has 4 atom stereocenters. The van der Waals surface area contributed by atoms with Crippen molar-refractivity contribution >= 4 is 26.7 Å². The summed E-state index contributed by atoms with van der Waals surface area (Å²) in [5.41, 5.74) is 0. The fraction of sp³-hybridized carbons (Fsp3) is 1.00. The molecule has 14 heavy (non-hydrogen) atoms. The molecule has 1 heterocycles. The van der Waals surface area contributed by atoms with Crippen LogP contribution in [0, 0.1) is 0 Å². The summed E-state index contributed by atoms with van der Waals surface area (Å²) in [6, 6.07) is 0.204. The van der Waals surface area contributed by atoms with E-state index in [4.69, 9.17) is 9.26 Å². The minimum Gasteiger partial charge on any atom is -0.381 e. The summed E-state index contributed by atoms with van der Waals surface area (Å²) >= 11 is 4.05. The molecule has 1 aliphatic rings. The molecule has 0 amide bonds. The highest BCUT2D eigenvalue weighted by Crippen LogP contribution is 2.54. The van der Waals surface area contributed by atoms with Gasteiger partial charge in [0.1, 0.15) is 7.85 Å². The van der Waals surface area contributed by atoms with Crippen LogP contribution >= 0.6 is 18.8 Å². The van der Waals surface area contributed by atoms with Crippen molar-refractivity contribution < 1.29 is 13.8 Å². The van der Waals surface area contributed by atoms with Crippen LogP contribution in [0.2, 0.25) is 0 Å². The molecule has 6 heteroatoms. The molecule has 82 valence electrons. The van der Waals surface area contributed by atoms with Crippen molar-refractivity contribution in [2.24, 2.45) is 0 Å². The minimum atomic E-state index is -2.69. The number of hydrogen-bond donors (Lipinski definition) is 1. The van der Waals surface area contributed by atoms with Crippen LogP contribution in [0.15, 0.2) is 0 Å². The zero-order valence-corrected chi connectivity index (χ0v) is 10.8. The van der Waals surface area contributed by atoms with E-state index in [0.717, 1.165) is 12.8 Å².